The number of ether oxygens (including phenoxy) is 2. The van der Waals surface area contributed by atoms with Crippen molar-refractivity contribution in [3.8, 4) is 5.75 Å². The average molecular weight is 352 g/mol. The standard InChI is InChI=1S/C18H25FN2O4/c1-18(2,3)25-17(22)21-10-8-12(9-11-21)16(20-23)13-6-5-7-14(24-4)15(13)19/h5-7,12,16H,8-11H2,1-4H3. The number of carbonyl (C=O) groups is 1. The Kier molecular flexibility index (Phi) is 5.98. The van der Waals surface area contributed by atoms with E-state index >= 15 is 0 Å². The third-order valence-electron chi connectivity index (χ3n) is 4.28. The van der Waals surface area contributed by atoms with Gasteiger partial charge in [0.25, 0.3) is 0 Å². The number of likely N-dealkylation sites (tertiary alicyclic amines) is 1. The van der Waals surface area contributed by atoms with Crippen LogP contribution in [0.2, 0.25) is 0 Å². The monoisotopic (exact) mass is 352 g/mol. The first-order chi connectivity index (χ1) is 11.8. The van der Waals surface area contributed by atoms with Gasteiger partial charge in [-0.2, -0.15) is 4.91 Å². The van der Waals surface area contributed by atoms with Crippen molar-refractivity contribution >= 4 is 6.09 Å². The Morgan fingerprint density at radius 1 is 1.32 bits per heavy atom. The molecule has 138 valence electrons. The number of nitroso groups, excluding NO2 is 1. The number of hydrogen-bond donors (Lipinski definition) is 0. The summed E-state index contributed by atoms with van der Waals surface area (Å²) in [5.74, 6) is -0.584. The Bertz CT molecular complexity index is 622. The molecule has 1 heterocycles. The summed E-state index contributed by atoms with van der Waals surface area (Å²) in [6.45, 7) is 6.36. The third kappa shape index (κ3) is 4.67. The summed E-state index contributed by atoms with van der Waals surface area (Å²) >= 11 is 0. The molecule has 25 heavy (non-hydrogen) atoms. The zero-order valence-corrected chi connectivity index (χ0v) is 15.1. The van der Waals surface area contributed by atoms with E-state index in [0.717, 1.165) is 0 Å². The van der Waals surface area contributed by atoms with Gasteiger partial charge in [-0.25, -0.2) is 9.18 Å². The molecular formula is C18H25FN2O4. The number of benzene rings is 1. The van der Waals surface area contributed by atoms with Gasteiger partial charge >= 0.3 is 6.09 Å². The van der Waals surface area contributed by atoms with E-state index in [1.807, 2.05) is 20.8 Å². The summed E-state index contributed by atoms with van der Waals surface area (Å²) in [5, 5.41) is 3.17. The number of halogens is 1. The van der Waals surface area contributed by atoms with Crippen LogP contribution in [0.5, 0.6) is 5.75 Å². The normalized spacial score (nSPS) is 17.1. The van der Waals surface area contributed by atoms with Gasteiger partial charge in [-0.05, 0) is 45.6 Å². The lowest BCUT2D eigenvalue weighted by atomic mass is 9.85. The molecule has 2 rings (SSSR count). The fourth-order valence-electron chi connectivity index (χ4n) is 3.03. The molecule has 0 spiro atoms. The van der Waals surface area contributed by atoms with Crippen LogP contribution in [0.3, 0.4) is 0 Å². The second-order valence-electron chi connectivity index (χ2n) is 7.22. The third-order valence-corrected chi connectivity index (χ3v) is 4.28. The van der Waals surface area contributed by atoms with Crippen molar-refractivity contribution in [1.82, 2.24) is 4.90 Å². The number of rotatable bonds is 4. The maximum absolute atomic E-state index is 14.4. The van der Waals surface area contributed by atoms with Gasteiger partial charge in [0.15, 0.2) is 11.6 Å². The molecule has 1 fully saturated rings. The Morgan fingerprint density at radius 2 is 1.96 bits per heavy atom. The highest BCUT2D eigenvalue weighted by atomic mass is 19.1. The SMILES string of the molecule is COc1cccc(C(N=O)C2CCN(C(=O)OC(C)(C)C)CC2)c1F. The first-order valence-electron chi connectivity index (χ1n) is 8.39. The molecule has 7 heteroatoms. The number of nitrogens with zero attached hydrogens (tertiary/aromatic N) is 2. The van der Waals surface area contributed by atoms with Crippen LogP contribution < -0.4 is 4.74 Å². The van der Waals surface area contributed by atoms with Gasteiger partial charge in [0, 0.05) is 18.7 Å². The minimum absolute atomic E-state index is 0.0948. The van der Waals surface area contributed by atoms with E-state index in [1.165, 1.54) is 13.2 Å². The van der Waals surface area contributed by atoms with Crippen LogP contribution in [-0.4, -0.2) is 36.8 Å². The molecule has 1 amide bonds. The second-order valence-corrected chi connectivity index (χ2v) is 7.22. The molecule has 6 nitrogen and oxygen atoms in total. The summed E-state index contributed by atoms with van der Waals surface area (Å²) in [6, 6.07) is 3.91. The molecule has 0 aliphatic carbocycles. The molecule has 0 bridgehead atoms. The minimum Gasteiger partial charge on any atom is -0.494 e. The first kappa shape index (κ1) is 19.1. The fourth-order valence-corrected chi connectivity index (χ4v) is 3.03. The van der Waals surface area contributed by atoms with Crippen LogP contribution in [0.1, 0.15) is 45.2 Å². The van der Waals surface area contributed by atoms with Gasteiger partial charge in [-0.15, -0.1) is 0 Å². The van der Waals surface area contributed by atoms with E-state index in [1.54, 1.807) is 17.0 Å². The predicted molar refractivity (Wildman–Crippen MR) is 92.0 cm³/mol. The highest BCUT2D eigenvalue weighted by molar-refractivity contribution is 5.68. The van der Waals surface area contributed by atoms with Crippen LogP contribution in [0, 0.1) is 16.6 Å². The molecule has 0 radical (unpaired) electrons. The summed E-state index contributed by atoms with van der Waals surface area (Å²) in [5.41, 5.74) is -0.310. The highest BCUT2D eigenvalue weighted by Crippen LogP contribution is 2.37. The fraction of sp³-hybridized carbons (Fsp3) is 0.611. The van der Waals surface area contributed by atoms with Crippen LogP contribution in [0.4, 0.5) is 9.18 Å². The van der Waals surface area contributed by atoms with E-state index in [4.69, 9.17) is 9.47 Å². The van der Waals surface area contributed by atoms with Crippen molar-refractivity contribution < 1.29 is 18.7 Å². The maximum atomic E-state index is 14.4. The highest BCUT2D eigenvalue weighted by Gasteiger charge is 2.33. The molecule has 1 aromatic carbocycles. The Labute approximate surface area is 147 Å². The molecular weight excluding hydrogens is 327 g/mol. The lowest BCUT2D eigenvalue weighted by Crippen LogP contribution is -2.42. The number of amides is 1. The summed E-state index contributed by atoms with van der Waals surface area (Å²) in [4.78, 5) is 25.1. The van der Waals surface area contributed by atoms with E-state index < -0.39 is 17.5 Å². The molecule has 1 aliphatic rings. The lowest BCUT2D eigenvalue weighted by molar-refractivity contribution is 0.0174. The predicted octanol–water partition coefficient (Wildman–Crippen LogP) is 4.29. The Hall–Kier alpha value is -2.18. The number of piperidine rings is 1. The topological polar surface area (TPSA) is 68.2 Å². The quantitative estimate of drug-likeness (QED) is 0.758. The van der Waals surface area contributed by atoms with Crippen molar-refractivity contribution in [3.05, 3.63) is 34.5 Å². The summed E-state index contributed by atoms with van der Waals surface area (Å²) < 4.78 is 24.8. The molecule has 0 aromatic heterocycles. The van der Waals surface area contributed by atoms with Crippen LogP contribution in [-0.2, 0) is 4.74 Å². The average Bonchev–Trinajstić information content (AvgIpc) is 2.56. The van der Waals surface area contributed by atoms with Gasteiger partial charge in [0.1, 0.15) is 11.6 Å². The van der Waals surface area contributed by atoms with Gasteiger partial charge < -0.3 is 14.4 Å². The van der Waals surface area contributed by atoms with E-state index in [0.29, 0.717) is 25.9 Å². The van der Waals surface area contributed by atoms with E-state index in [9.17, 15) is 14.1 Å². The van der Waals surface area contributed by atoms with Gasteiger partial charge in [-0.3, -0.25) is 0 Å². The van der Waals surface area contributed by atoms with Crippen molar-refractivity contribution in [3.63, 3.8) is 0 Å². The lowest BCUT2D eigenvalue weighted by Gasteiger charge is -2.35. The van der Waals surface area contributed by atoms with Gasteiger partial charge in [-0.1, -0.05) is 17.3 Å². The van der Waals surface area contributed by atoms with E-state index in [2.05, 4.69) is 5.18 Å². The molecule has 1 atom stereocenters. The smallest absolute Gasteiger partial charge is 0.410 e. The Morgan fingerprint density at radius 3 is 2.48 bits per heavy atom. The van der Waals surface area contributed by atoms with Crippen molar-refractivity contribution in [2.75, 3.05) is 20.2 Å². The van der Waals surface area contributed by atoms with Crippen LogP contribution in [0.25, 0.3) is 0 Å². The number of hydrogen-bond acceptors (Lipinski definition) is 5. The van der Waals surface area contributed by atoms with Crippen molar-refractivity contribution in [2.45, 2.75) is 45.3 Å². The molecule has 0 N–H and O–H groups in total. The minimum atomic E-state index is -0.795. The number of carbonyl (C=O) groups excluding carboxylic acids is 1. The molecule has 1 aromatic rings. The number of methoxy groups -OCH3 is 1. The Balaban J connectivity index is 2.06. The van der Waals surface area contributed by atoms with Gasteiger partial charge in [0.05, 0.1) is 7.11 Å². The molecule has 1 unspecified atom stereocenters. The van der Waals surface area contributed by atoms with Crippen molar-refractivity contribution in [1.29, 1.82) is 0 Å². The summed E-state index contributed by atoms with van der Waals surface area (Å²) in [6.07, 6.45) is 0.757. The second kappa shape index (κ2) is 7.80. The van der Waals surface area contributed by atoms with Gasteiger partial charge in [0.2, 0.25) is 0 Å². The van der Waals surface area contributed by atoms with E-state index in [-0.39, 0.29) is 23.3 Å². The zero-order chi connectivity index (χ0) is 18.6. The first-order valence-corrected chi connectivity index (χ1v) is 8.39. The molecule has 0 saturated carbocycles. The molecule has 1 saturated heterocycles. The summed E-state index contributed by atoms with van der Waals surface area (Å²) in [7, 11) is 1.38. The zero-order valence-electron chi connectivity index (χ0n) is 15.1. The molecule has 1 aliphatic heterocycles. The maximum Gasteiger partial charge on any atom is 0.410 e. The van der Waals surface area contributed by atoms with Crippen LogP contribution in [0.15, 0.2) is 23.4 Å². The largest absolute Gasteiger partial charge is 0.494 e. The van der Waals surface area contributed by atoms with Crippen molar-refractivity contribution in [2.24, 2.45) is 11.1 Å². The van der Waals surface area contributed by atoms with Crippen LogP contribution >= 0.6 is 0 Å².